The summed E-state index contributed by atoms with van der Waals surface area (Å²) in [6.07, 6.45) is -4.55. The molecule has 1 aromatic heterocycles. The number of hydrogen-bond acceptors (Lipinski definition) is 6. The molecule has 0 bridgehead atoms. The van der Waals surface area contributed by atoms with E-state index in [1.807, 2.05) is 25.7 Å². The van der Waals surface area contributed by atoms with Crippen LogP contribution < -0.4 is 5.32 Å². The standard InChI is InChI=1S/C21H27F3N6O2S/c1-20(2,3)18-26-19(28-27-18)33-13-17(32)30-10-8-29(9-11-30)12-16(31)25-15-7-5-4-6-14(15)21(22,23)24/h4-7H,8-13H2,1-3H3,(H,25,31)(H,26,27,28). The number of carbonyl (C=O) groups excluding carboxylic acids is 2. The zero-order chi connectivity index (χ0) is 24.2. The molecule has 12 heteroatoms. The molecule has 0 aliphatic carbocycles. The maximum atomic E-state index is 13.1. The Balaban J connectivity index is 1.44. The predicted molar refractivity (Wildman–Crippen MR) is 119 cm³/mol. The van der Waals surface area contributed by atoms with E-state index in [0.29, 0.717) is 31.3 Å². The first-order chi connectivity index (χ1) is 15.4. The number of nitrogens with one attached hydrogen (secondary N) is 2. The molecule has 1 fully saturated rings. The van der Waals surface area contributed by atoms with Crippen LogP contribution in [0.3, 0.4) is 0 Å². The second-order valence-corrected chi connectivity index (χ2v) is 9.70. The molecule has 1 saturated heterocycles. The van der Waals surface area contributed by atoms with Crippen LogP contribution in [-0.4, -0.2) is 75.3 Å². The highest BCUT2D eigenvalue weighted by Gasteiger charge is 2.33. The number of nitrogens with zero attached hydrogens (tertiary/aromatic N) is 4. The van der Waals surface area contributed by atoms with Crippen molar-refractivity contribution in [1.82, 2.24) is 25.0 Å². The van der Waals surface area contributed by atoms with Crippen LogP contribution in [0, 0.1) is 0 Å². The molecule has 3 rings (SSSR count). The number of rotatable bonds is 6. The number of aromatic amines is 1. The summed E-state index contributed by atoms with van der Waals surface area (Å²) in [6.45, 7) is 7.79. The van der Waals surface area contributed by atoms with E-state index in [0.717, 1.165) is 11.9 Å². The fourth-order valence-corrected chi connectivity index (χ4v) is 3.95. The first-order valence-electron chi connectivity index (χ1n) is 10.5. The average molecular weight is 485 g/mol. The number of benzene rings is 1. The molecule has 2 heterocycles. The van der Waals surface area contributed by atoms with Gasteiger partial charge in [-0.05, 0) is 12.1 Å². The zero-order valence-electron chi connectivity index (χ0n) is 18.7. The van der Waals surface area contributed by atoms with E-state index < -0.39 is 17.6 Å². The Bertz CT molecular complexity index is 981. The fourth-order valence-electron chi connectivity index (χ4n) is 3.25. The molecular formula is C21H27F3N6O2S. The first-order valence-corrected chi connectivity index (χ1v) is 11.4. The molecular weight excluding hydrogens is 457 g/mol. The molecule has 0 saturated carbocycles. The SMILES string of the molecule is CC(C)(C)c1nc(SCC(=O)N2CCN(CC(=O)Nc3ccccc3C(F)(F)F)CC2)n[nH]1. The van der Waals surface area contributed by atoms with Gasteiger partial charge in [-0.2, -0.15) is 13.2 Å². The second kappa shape index (κ2) is 10.1. The topological polar surface area (TPSA) is 94.2 Å². The van der Waals surface area contributed by atoms with Gasteiger partial charge in [0.15, 0.2) is 0 Å². The highest BCUT2D eigenvalue weighted by molar-refractivity contribution is 7.99. The minimum absolute atomic E-state index is 0.0459. The lowest BCUT2D eigenvalue weighted by Crippen LogP contribution is -2.50. The lowest BCUT2D eigenvalue weighted by atomic mass is 9.96. The van der Waals surface area contributed by atoms with Crippen molar-refractivity contribution in [2.24, 2.45) is 0 Å². The van der Waals surface area contributed by atoms with Crippen molar-refractivity contribution in [3.63, 3.8) is 0 Å². The van der Waals surface area contributed by atoms with E-state index in [4.69, 9.17) is 0 Å². The Labute approximate surface area is 194 Å². The van der Waals surface area contributed by atoms with Gasteiger partial charge in [-0.3, -0.25) is 19.6 Å². The molecule has 1 aliphatic rings. The minimum atomic E-state index is -4.55. The normalized spacial score (nSPS) is 15.5. The third kappa shape index (κ3) is 6.94. The number of para-hydroxylation sites is 1. The quantitative estimate of drug-likeness (QED) is 0.613. The van der Waals surface area contributed by atoms with Crippen LogP contribution in [0.5, 0.6) is 0 Å². The van der Waals surface area contributed by atoms with Gasteiger partial charge in [0.2, 0.25) is 17.0 Å². The number of aromatic nitrogens is 3. The van der Waals surface area contributed by atoms with Gasteiger partial charge in [-0.15, -0.1) is 5.10 Å². The largest absolute Gasteiger partial charge is 0.418 e. The van der Waals surface area contributed by atoms with Gasteiger partial charge in [0, 0.05) is 31.6 Å². The number of halogens is 3. The van der Waals surface area contributed by atoms with Gasteiger partial charge < -0.3 is 10.2 Å². The zero-order valence-corrected chi connectivity index (χ0v) is 19.5. The minimum Gasteiger partial charge on any atom is -0.339 e. The molecule has 0 unspecified atom stereocenters. The average Bonchev–Trinajstić information content (AvgIpc) is 3.22. The predicted octanol–water partition coefficient (Wildman–Crippen LogP) is 3.00. The molecule has 2 aromatic rings. The Morgan fingerprint density at radius 2 is 1.79 bits per heavy atom. The first kappa shape index (κ1) is 25.0. The van der Waals surface area contributed by atoms with Crippen LogP contribution in [0.15, 0.2) is 29.4 Å². The smallest absolute Gasteiger partial charge is 0.339 e. The molecule has 0 radical (unpaired) electrons. The van der Waals surface area contributed by atoms with Crippen molar-refractivity contribution in [2.75, 3.05) is 43.8 Å². The van der Waals surface area contributed by atoms with Crippen molar-refractivity contribution >= 4 is 29.3 Å². The number of alkyl halides is 3. The summed E-state index contributed by atoms with van der Waals surface area (Å²) < 4.78 is 39.3. The lowest BCUT2D eigenvalue weighted by molar-refractivity contribution is -0.137. The number of anilines is 1. The number of thioether (sulfide) groups is 1. The van der Waals surface area contributed by atoms with Crippen LogP contribution in [0.25, 0.3) is 0 Å². The van der Waals surface area contributed by atoms with Crippen LogP contribution in [0.2, 0.25) is 0 Å². The molecule has 2 amide bonds. The summed E-state index contributed by atoms with van der Waals surface area (Å²) in [7, 11) is 0. The number of carbonyl (C=O) groups is 2. The van der Waals surface area contributed by atoms with Gasteiger partial charge in [-0.25, -0.2) is 4.98 Å². The summed E-state index contributed by atoms with van der Waals surface area (Å²) in [4.78, 5) is 32.7. The van der Waals surface area contributed by atoms with Crippen molar-refractivity contribution in [3.05, 3.63) is 35.7 Å². The fraction of sp³-hybridized carbons (Fsp3) is 0.524. The molecule has 1 aromatic carbocycles. The highest BCUT2D eigenvalue weighted by Crippen LogP contribution is 2.34. The van der Waals surface area contributed by atoms with E-state index >= 15 is 0 Å². The molecule has 33 heavy (non-hydrogen) atoms. The molecule has 0 spiro atoms. The monoisotopic (exact) mass is 484 g/mol. The summed E-state index contributed by atoms with van der Waals surface area (Å²) in [5.41, 5.74) is -1.30. The Morgan fingerprint density at radius 1 is 1.12 bits per heavy atom. The third-order valence-corrected chi connectivity index (χ3v) is 5.93. The Hall–Kier alpha value is -2.60. The van der Waals surface area contributed by atoms with Gasteiger partial charge in [0.1, 0.15) is 5.82 Å². The van der Waals surface area contributed by atoms with Gasteiger partial charge in [0.25, 0.3) is 0 Å². The van der Waals surface area contributed by atoms with Crippen LogP contribution in [-0.2, 0) is 21.2 Å². The van der Waals surface area contributed by atoms with Gasteiger partial charge in [-0.1, -0.05) is 44.7 Å². The Kier molecular flexibility index (Phi) is 7.68. The molecule has 0 atom stereocenters. The lowest BCUT2D eigenvalue weighted by Gasteiger charge is -2.34. The van der Waals surface area contributed by atoms with Crippen LogP contribution in [0.4, 0.5) is 18.9 Å². The van der Waals surface area contributed by atoms with E-state index in [1.165, 1.54) is 30.0 Å². The molecule has 180 valence electrons. The van der Waals surface area contributed by atoms with E-state index in [1.54, 1.807) is 4.90 Å². The Morgan fingerprint density at radius 3 is 2.39 bits per heavy atom. The second-order valence-electron chi connectivity index (χ2n) is 8.75. The molecule has 1 aliphatic heterocycles. The van der Waals surface area contributed by atoms with Crippen molar-refractivity contribution in [2.45, 2.75) is 37.5 Å². The third-order valence-electron chi connectivity index (χ3n) is 5.10. The van der Waals surface area contributed by atoms with E-state index in [-0.39, 0.29) is 29.3 Å². The summed E-state index contributed by atoms with van der Waals surface area (Å²) >= 11 is 1.26. The van der Waals surface area contributed by atoms with E-state index in [2.05, 4.69) is 20.5 Å². The van der Waals surface area contributed by atoms with Crippen LogP contribution >= 0.6 is 11.8 Å². The van der Waals surface area contributed by atoms with Crippen LogP contribution in [0.1, 0.15) is 32.2 Å². The van der Waals surface area contributed by atoms with Crippen molar-refractivity contribution in [3.8, 4) is 0 Å². The van der Waals surface area contributed by atoms with E-state index in [9.17, 15) is 22.8 Å². The summed E-state index contributed by atoms with van der Waals surface area (Å²) in [5, 5.41) is 9.89. The maximum absolute atomic E-state index is 13.1. The molecule has 2 N–H and O–H groups in total. The van der Waals surface area contributed by atoms with Crippen molar-refractivity contribution < 1.29 is 22.8 Å². The summed E-state index contributed by atoms with van der Waals surface area (Å²) in [5.74, 6) is 0.379. The number of hydrogen-bond donors (Lipinski definition) is 2. The van der Waals surface area contributed by atoms with Gasteiger partial charge in [0.05, 0.1) is 23.5 Å². The number of amides is 2. The highest BCUT2D eigenvalue weighted by atomic mass is 32.2. The van der Waals surface area contributed by atoms with Gasteiger partial charge >= 0.3 is 6.18 Å². The molecule has 8 nitrogen and oxygen atoms in total. The number of piperazine rings is 1. The number of H-pyrrole nitrogens is 1. The summed E-state index contributed by atoms with van der Waals surface area (Å²) in [6, 6.07) is 4.88. The maximum Gasteiger partial charge on any atom is 0.418 e. The van der Waals surface area contributed by atoms with Crippen molar-refractivity contribution in [1.29, 1.82) is 0 Å².